The maximum Gasteiger partial charge on any atom is 0.315 e. The van der Waals surface area contributed by atoms with Gasteiger partial charge in [-0.1, -0.05) is 0 Å². The van der Waals surface area contributed by atoms with Crippen LogP contribution in [0.5, 0.6) is 17.2 Å². The Bertz CT molecular complexity index is 539. The lowest BCUT2D eigenvalue weighted by Gasteiger charge is -2.14. The molecular weight excluding hydrogens is 270 g/mol. The summed E-state index contributed by atoms with van der Waals surface area (Å²) in [5.41, 5.74) is -0.564. The number of benzene rings is 1. The average Bonchev–Trinajstić information content (AvgIpc) is 2.36. The van der Waals surface area contributed by atoms with Gasteiger partial charge < -0.3 is 14.2 Å². The highest BCUT2D eigenvalue weighted by molar-refractivity contribution is 5.99. The van der Waals surface area contributed by atoms with Gasteiger partial charge in [-0.25, -0.2) is 0 Å². The number of methoxy groups -OCH3 is 2. The summed E-state index contributed by atoms with van der Waals surface area (Å²) >= 11 is 0. The van der Waals surface area contributed by atoms with E-state index in [1.54, 1.807) is 0 Å². The van der Waals surface area contributed by atoms with Crippen LogP contribution in [0.15, 0.2) is 6.07 Å². The molecule has 0 aromatic heterocycles. The van der Waals surface area contributed by atoms with Crippen molar-refractivity contribution in [3.8, 4) is 17.2 Å². The molecule has 0 spiro atoms. The Morgan fingerprint density at radius 2 is 1.65 bits per heavy atom. The third-order valence-electron chi connectivity index (χ3n) is 2.40. The quantitative estimate of drug-likeness (QED) is 0.266. The van der Waals surface area contributed by atoms with E-state index < -0.39 is 22.4 Å². The van der Waals surface area contributed by atoms with Crippen LogP contribution >= 0.6 is 0 Å². The Balaban J connectivity index is 3.76. The van der Waals surface area contributed by atoms with Gasteiger partial charge in [-0.05, 0) is 6.92 Å². The SMILES string of the molecule is COc1c(C(C)=O)cc([N+](=O)[O-])c(OC)c1OC(C)=O. The third-order valence-corrected chi connectivity index (χ3v) is 2.40. The molecule has 0 aliphatic rings. The number of nitro groups is 1. The molecule has 0 N–H and O–H groups in total. The molecule has 1 rings (SSSR count). The number of Topliss-reactive ketones (excluding diaryl/α,β-unsaturated/α-hetero) is 1. The van der Waals surface area contributed by atoms with Crippen LogP contribution in [0.3, 0.4) is 0 Å². The van der Waals surface area contributed by atoms with Crippen LogP contribution in [-0.2, 0) is 4.79 Å². The molecule has 0 atom stereocenters. The summed E-state index contributed by atoms with van der Waals surface area (Å²) in [5.74, 6) is -1.86. The Hall–Kier alpha value is -2.64. The molecule has 0 heterocycles. The number of nitrogens with zero attached hydrogens (tertiary/aromatic N) is 1. The minimum absolute atomic E-state index is 0.0729. The van der Waals surface area contributed by atoms with E-state index in [2.05, 4.69) is 0 Å². The first-order valence-electron chi connectivity index (χ1n) is 5.46. The number of rotatable bonds is 5. The zero-order valence-corrected chi connectivity index (χ0v) is 11.4. The lowest BCUT2D eigenvalue weighted by atomic mass is 10.1. The van der Waals surface area contributed by atoms with Crippen LogP contribution in [-0.4, -0.2) is 30.9 Å². The number of ether oxygens (including phenoxy) is 3. The van der Waals surface area contributed by atoms with Crippen LogP contribution in [0.25, 0.3) is 0 Å². The van der Waals surface area contributed by atoms with Gasteiger partial charge in [0.1, 0.15) is 0 Å². The predicted molar refractivity (Wildman–Crippen MR) is 67.5 cm³/mol. The first-order chi connectivity index (χ1) is 9.33. The van der Waals surface area contributed by atoms with Crippen molar-refractivity contribution in [2.75, 3.05) is 14.2 Å². The van der Waals surface area contributed by atoms with Crippen LogP contribution < -0.4 is 14.2 Å². The fourth-order valence-corrected chi connectivity index (χ4v) is 1.64. The van der Waals surface area contributed by atoms with Crippen molar-refractivity contribution in [1.82, 2.24) is 0 Å². The van der Waals surface area contributed by atoms with Crippen molar-refractivity contribution in [2.24, 2.45) is 0 Å². The molecule has 0 radical (unpaired) electrons. The molecule has 0 amide bonds. The van der Waals surface area contributed by atoms with Crippen LogP contribution in [0.1, 0.15) is 24.2 Å². The van der Waals surface area contributed by atoms with E-state index in [4.69, 9.17) is 14.2 Å². The minimum atomic E-state index is -0.738. The summed E-state index contributed by atoms with van der Waals surface area (Å²) < 4.78 is 14.8. The minimum Gasteiger partial charge on any atom is -0.492 e. The van der Waals surface area contributed by atoms with Crippen molar-refractivity contribution in [2.45, 2.75) is 13.8 Å². The number of hydrogen-bond donors (Lipinski definition) is 0. The first-order valence-corrected chi connectivity index (χ1v) is 5.46. The number of hydrogen-bond acceptors (Lipinski definition) is 7. The summed E-state index contributed by atoms with van der Waals surface area (Å²) in [6.45, 7) is 2.33. The van der Waals surface area contributed by atoms with E-state index >= 15 is 0 Å². The summed E-state index contributed by atoms with van der Waals surface area (Å²) in [6, 6.07) is 1.02. The molecule has 1 aromatic carbocycles. The summed E-state index contributed by atoms with van der Waals surface area (Å²) in [4.78, 5) is 33.0. The molecule has 108 valence electrons. The maximum atomic E-state index is 11.6. The molecule has 0 bridgehead atoms. The number of nitro benzene ring substituents is 1. The van der Waals surface area contributed by atoms with Crippen molar-refractivity contribution in [3.63, 3.8) is 0 Å². The van der Waals surface area contributed by atoms with Crippen LogP contribution in [0.4, 0.5) is 5.69 Å². The molecule has 20 heavy (non-hydrogen) atoms. The monoisotopic (exact) mass is 283 g/mol. The van der Waals surface area contributed by atoms with Gasteiger partial charge in [-0.2, -0.15) is 0 Å². The summed E-state index contributed by atoms with van der Waals surface area (Å²) in [5, 5.41) is 11.0. The average molecular weight is 283 g/mol. The van der Waals surface area contributed by atoms with Crippen molar-refractivity contribution < 1.29 is 28.7 Å². The molecular formula is C12H13NO7. The molecule has 0 saturated heterocycles. The summed E-state index contributed by atoms with van der Waals surface area (Å²) in [6.07, 6.45) is 0. The Kier molecular flexibility index (Phi) is 4.63. The summed E-state index contributed by atoms with van der Waals surface area (Å²) in [7, 11) is 2.43. The second kappa shape index (κ2) is 6.00. The van der Waals surface area contributed by atoms with Crippen molar-refractivity contribution in [1.29, 1.82) is 0 Å². The van der Waals surface area contributed by atoms with Crippen molar-refractivity contribution >= 4 is 17.4 Å². The second-order valence-electron chi connectivity index (χ2n) is 3.75. The largest absolute Gasteiger partial charge is 0.492 e. The van der Waals surface area contributed by atoms with Crippen LogP contribution in [0, 0.1) is 10.1 Å². The first kappa shape index (κ1) is 15.4. The van der Waals surface area contributed by atoms with E-state index in [1.165, 1.54) is 21.1 Å². The van der Waals surface area contributed by atoms with E-state index in [9.17, 15) is 19.7 Å². The van der Waals surface area contributed by atoms with Gasteiger partial charge in [0.15, 0.2) is 11.5 Å². The molecule has 0 fully saturated rings. The van der Waals surface area contributed by atoms with Gasteiger partial charge in [0.05, 0.1) is 24.7 Å². The molecule has 0 saturated carbocycles. The van der Waals surface area contributed by atoms with Gasteiger partial charge in [0.25, 0.3) is 0 Å². The molecule has 8 heteroatoms. The normalized spacial score (nSPS) is 9.80. The predicted octanol–water partition coefficient (Wildman–Crippen LogP) is 1.74. The number of carbonyl (C=O) groups excluding carboxylic acids is 2. The molecule has 1 aromatic rings. The molecule has 8 nitrogen and oxygen atoms in total. The highest BCUT2D eigenvalue weighted by Gasteiger charge is 2.30. The van der Waals surface area contributed by atoms with E-state index in [-0.39, 0.29) is 22.8 Å². The van der Waals surface area contributed by atoms with Gasteiger partial charge in [-0.3, -0.25) is 19.7 Å². The van der Waals surface area contributed by atoms with E-state index in [1.807, 2.05) is 0 Å². The Morgan fingerprint density at radius 3 is 2.00 bits per heavy atom. The van der Waals surface area contributed by atoms with Crippen molar-refractivity contribution in [3.05, 3.63) is 21.7 Å². The molecule has 0 aliphatic carbocycles. The number of esters is 1. The van der Waals surface area contributed by atoms with Crippen LogP contribution in [0.2, 0.25) is 0 Å². The standard InChI is InChI=1S/C12H13NO7/c1-6(14)8-5-9(13(16)17)11(19-4)12(10(8)18-3)20-7(2)15/h5H,1-4H3. The van der Waals surface area contributed by atoms with Gasteiger partial charge in [0, 0.05) is 13.0 Å². The topological polar surface area (TPSA) is 105 Å². The molecule has 0 unspecified atom stereocenters. The van der Waals surface area contributed by atoms with Gasteiger partial charge >= 0.3 is 11.7 Å². The third kappa shape index (κ3) is 2.85. The lowest BCUT2D eigenvalue weighted by molar-refractivity contribution is -0.385. The highest BCUT2D eigenvalue weighted by atomic mass is 16.6. The van der Waals surface area contributed by atoms with E-state index in [0.29, 0.717) is 0 Å². The maximum absolute atomic E-state index is 11.6. The fourth-order valence-electron chi connectivity index (χ4n) is 1.64. The fraction of sp³-hybridized carbons (Fsp3) is 0.333. The smallest absolute Gasteiger partial charge is 0.315 e. The zero-order valence-electron chi connectivity index (χ0n) is 11.4. The number of ketones is 1. The second-order valence-corrected chi connectivity index (χ2v) is 3.75. The lowest BCUT2D eigenvalue weighted by Crippen LogP contribution is -2.09. The number of carbonyl (C=O) groups is 2. The van der Waals surface area contributed by atoms with Gasteiger partial charge in [0.2, 0.25) is 11.5 Å². The highest BCUT2D eigenvalue weighted by Crippen LogP contribution is 2.46. The molecule has 0 aliphatic heterocycles. The van der Waals surface area contributed by atoms with E-state index in [0.717, 1.165) is 13.0 Å². The Labute approximate surface area is 114 Å². The van der Waals surface area contributed by atoms with Gasteiger partial charge in [-0.15, -0.1) is 0 Å². The zero-order chi connectivity index (χ0) is 15.4. The Morgan fingerprint density at radius 1 is 1.10 bits per heavy atom.